The van der Waals surface area contributed by atoms with Gasteiger partial charge in [-0.1, -0.05) is 32.0 Å². The maximum atomic E-state index is 14.3. The van der Waals surface area contributed by atoms with Crippen LogP contribution in [0.4, 0.5) is 25.8 Å². The first kappa shape index (κ1) is 21.7. The van der Waals surface area contributed by atoms with Crippen molar-refractivity contribution in [3.63, 3.8) is 0 Å². The third-order valence-corrected chi connectivity index (χ3v) is 5.98. The van der Waals surface area contributed by atoms with Gasteiger partial charge in [-0.15, -0.1) is 12.4 Å². The predicted molar refractivity (Wildman–Crippen MR) is 110 cm³/mol. The van der Waals surface area contributed by atoms with Crippen molar-refractivity contribution in [3.8, 4) is 0 Å². The quantitative estimate of drug-likeness (QED) is 0.553. The minimum atomic E-state index is -3.63. The predicted octanol–water partition coefficient (Wildman–Crippen LogP) is 5.31. The molecule has 1 aliphatic rings. The zero-order valence-corrected chi connectivity index (χ0v) is 16.7. The number of halogens is 3. The fourth-order valence-electron chi connectivity index (χ4n) is 2.99. The molecule has 2 aromatic rings. The number of hydrogen-bond acceptors (Lipinski definition) is 5. The average Bonchev–Trinajstić information content (AvgIpc) is 2.79. The molecule has 0 radical (unpaired) electrons. The smallest absolute Gasteiger partial charge is 0.151 e. The van der Waals surface area contributed by atoms with E-state index in [-0.39, 0.29) is 12.4 Å². The first-order valence-electron chi connectivity index (χ1n) is 8.46. The Morgan fingerprint density at radius 1 is 1.00 bits per heavy atom. The molecule has 9 heteroatoms. The van der Waals surface area contributed by atoms with Gasteiger partial charge in [-0.25, -0.2) is 13.1 Å². The molecule has 0 saturated heterocycles. The first-order valence-corrected chi connectivity index (χ1v) is 9.92. The molecule has 0 saturated carbocycles. The summed E-state index contributed by atoms with van der Waals surface area (Å²) in [6.45, 7) is 5.09. The van der Waals surface area contributed by atoms with E-state index < -0.39 is 28.3 Å². The summed E-state index contributed by atoms with van der Waals surface area (Å²) in [5, 5.41) is 3.27. The van der Waals surface area contributed by atoms with Gasteiger partial charge in [0.05, 0.1) is 11.4 Å². The zero-order chi connectivity index (χ0) is 18.9. The second kappa shape index (κ2) is 8.62. The van der Waals surface area contributed by atoms with Crippen LogP contribution >= 0.6 is 23.4 Å². The molecule has 0 aliphatic carbocycles. The molecule has 3 N–H and O–H groups in total. The summed E-state index contributed by atoms with van der Waals surface area (Å²) in [7, 11) is -3.63. The molecule has 0 fully saturated rings. The topological polar surface area (TPSA) is 59.0 Å². The lowest BCUT2D eigenvalue weighted by Crippen LogP contribution is -2.34. The number of para-hydroxylation sites is 3. The van der Waals surface area contributed by atoms with Crippen molar-refractivity contribution in [2.24, 2.45) is 0 Å². The number of anilines is 3. The van der Waals surface area contributed by atoms with E-state index in [1.165, 1.54) is 10.4 Å². The van der Waals surface area contributed by atoms with Crippen LogP contribution in [0.1, 0.15) is 20.3 Å². The van der Waals surface area contributed by atoms with Crippen LogP contribution in [0.15, 0.2) is 42.5 Å². The van der Waals surface area contributed by atoms with E-state index in [0.29, 0.717) is 36.9 Å². The number of fused-ring (bicyclic) bond motifs is 1. The number of hydrogen-bond donors (Lipinski definition) is 3. The highest BCUT2D eigenvalue weighted by Crippen LogP contribution is 2.64. The lowest BCUT2D eigenvalue weighted by atomic mass is 10.2. The van der Waals surface area contributed by atoms with Crippen LogP contribution in [0.5, 0.6) is 0 Å². The molecule has 150 valence electrons. The van der Waals surface area contributed by atoms with E-state index >= 15 is 0 Å². The first-order chi connectivity index (χ1) is 12.3. The highest BCUT2D eigenvalue weighted by molar-refractivity contribution is 8.27. The molecular weight excluding hydrogens is 396 g/mol. The molecule has 1 heterocycles. The van der Waals surface area contributed by atoms with Gasteiger partial charge in [-0.05, 0) is 48.2 Å². The summed E-state index contributed by atoms with van der Waals surface area (Å²) in [6.07, 6.45) is 0.649. The monoisotopic (exact) mass is 419 g/mol. The van der Waals surface area contributed by atoms with Crippen molar-refractivity contribution >= 4 is 40.4 Å². The normalized spacial score (nSPS) is 16.3. The van der Waals surface area contributed by atoms with Gasteiger partial charge < -0.3 is 5.32 Å². The van der Waals surface area contributed by atoms with Crippen LogP contribution in [0.25, 0.3) is 0 Å². The molecular formula is C18H24ClF2N3O2S. The van der Waals surface area contributed by atoms with E-state index in [1.54, 1.807) is 24.3 Å². The fraction of sp³-hybridized carbons (Fsp3) is 0.333. The maximum absolute atomic E-state index is 14.3. The van der Waals surface area contributed by atoms with Gasteiger partial charge in [0, 0.05) is 12.6 Å². The van der Waals surface area contributed by atoms with E-state index in [0.717, 1.165) is 16.4 Å². The summed E-state index contributed by atoms with van der Waals surface area (Å²) < 4.78 is 52.9. The van der Waals surface area contributed by atoms with E-state index in [4.69, 9.17) is 0 Å². The van der Waals surface area contributed by atoms with Gasteiger partial charge in [-0.3, -0.25) is 13.4 Å². The molecule has 0 aromatic heterocycles. The van der Waals surface area contributed by atoms with Crippen molar-refractivity contribution in [2.45, 2.75) is 26.3 Å². The van der Waals surface area contributed by atoms with Gasteiger partial charge in [0.15, 0.2) is 11.6 Å². The fourth-order valence-corrected chi connectivity index (χ4v) is 4.82. The van der Waals surface area contributed by atoms with Gasteiger partial charge >= 0.3 is 0 Å². The largest absolute Gasteiger partial charge is 0.314 e. The summed E-state index contributed by atoms with van der Waals surface area (Å²) in [5.74, 6) is -1.69. The van der Waals surface area contributed by atoms with Crippen molar-refractivity contribution < 1.29 is 17.9 Å². The Balaban J connectivity index is 0.00000261. The molecule has 3 rings (SSSR count). The van der Waals surface area contributed by atoms with Gasteiger partial charge in [0.25, 0.3) is 0 Å². The number of benzene rings is 2. The van der Waals surface area contributed by atoms with Crippen LogP contribution in [0, 0.1) is 11.6 Å². The van der Waals surface area contributed by atoms with E-state index in [1.807, 2.05) is 13.8 Å². The number of nitrogens with zero attached hydrogens (tertiary/aromatic N) is 2. The Hall–Kier alpha value is -1.58. The second-order valence-electron chi connectivity index (χ2n) is 6.41. The summed E-state index contributed by atoms with van der Waals surface area (Å²) in [5.41, 5.74) is 0.454. The van der Waals surface area contributed by atoms with Crippen LogP contribution in [-0.2, 0) is 0 Å². The minimum Gasteiger partial charge on any atom is -0.314 e. The van der Waals surface area contributed by atoms with Crippen LogP contribution < -0.4 is 13.9 Å². The molecule has 1 aliphatic heterocycles. The standard InChI is InChI=1S/C18H23F2N3O2S.ClH/c1-13(2)21-11-6-12-22-16-9-3-4-10-17(16)23(26(22,24)25)18-14(19)7-5-8-15(18)20;/h3-5,7-10,13,21,24-25H,6,11-12H2,1-2H3;1H. The molecule has 0 bridgehead atoms. The Morgan fingerprint density at radius 3 is 2.19 bits per heavy atom. The molecule has 0 spiro atoms. The Morgan fingerprint density at radius 2 is 1.59 bits per heavy atom. The molecule has 5 nitrogen and oxygen atoms in total. The maximum Gasteiger partial charge on any atom is 0.151 e. The summed E-state index contributed by atoms with van der Waals surface area (Å²) >= 11 is 0. The Bertz CT molecular complexity index is 775. The second-order valence-corrected chi connectivity index (χ2v) is 8.19. The summed E-state index contributed by atoms with van der Waals surface area (Å²) in [6, 6.07) is 10.6. The lowest BCUT2D eigenvalue weighted by Gasteiger charge is -2.43. The summed E-state index contributed by atoms with van der Waals surface area (Å²) in [4.78, 5) is 0. The van der Waals surface area contributed by atoms with Crippen molar-refractivity contribution in [1.29, 1.82) is 0 Å². The minimum absolute atomic E-state index is 0. The molecule has 2 aromatic carbocycles. The number of nitrogens with one attached hydrogen (secondary N) is 1. The van der Waals surface area contributed by atoms with Crippen molar-refractivity contribution in [2.75, 3.05) is 21.7 Å². The van der Waals surface area contributed by atoms with E-state index in [2.05, 4.69) is 5.32 Å². The molecule has 0 amide bonds. The van der Waals surface area contributed by atoms with Gasteiger partial charge in [0.1, 0.15) is 5.69 Å². The number of rotatable bonds is 6. The third kappa shape index (κ3) is 4.14. The lowest BCUT2D eigenvalue weighted by molar-refractivity contribution is 0.479. The SMILES string of the molecule is CC(C)NCCCN1c2ccccc2N(c2c(F)cccc2F)S1(O)O.Cl. The zero-order valence-electron chi connectivity index (χ0n) is 15.1. The van der Waals surface area contributed by atoms with E-state index in [9.17, 15) is 17.9 Å². The van der Waals surface area contributed by atoms with Gasteiger partial charge in [0.2, 0.25) is 0 Å². The Kier molecular flexibility index (Phi) is 6.93. The third-order valence-electron chi connectivity index (χ3n) is 4.14. The van der Waals surface area contributed by atoms with Crippen LogP contribution in [0.3, 0.4) is 0 Å². The van der Waals surface area contributed by atoms with Crippen molar-refractivity contribution in [3.05, 3.63) is 54.1 Å². The molecule has 27 heavy (non-hydrogen) atoms. The highest BCUT2D eigenvalue weighted by Gasteiger charge is 2.43. The van der Waals surface area contributed by atoms with Crippen LogP contribution in [0.2, 0.25) is 0 Å². The Labute approximate surface area is 166 Å². The average molecular weight is 420 g/mol. The molecule has 0 unspecified atom stereocenters. The molecule has 0 atom stereocenters. The van der Waals surface area contributed by atoms with Crippen LogP contribution in [-0.4, -0.2) is 28.2 Å². The highest BCUT2D eigenvalue weighted by atomic mass is 35.5. The van der Waals surface area contributed by atoms with Crippen molar-refractivity contribution in [1.82, 2.24) is 5.32 Å². The van der Waals surface area contributed by atoms with Gasteiger partial charge in [-0.2, -0.15) is 0 Å².